The molecule has 0 saturated heterocycles. The van der Waals surface area contributed by atoms with E-state index in [4.69, 9.17) is 0 Å². The summed E-state index contributed by atoms with van der Waals surface area (Å²) < 4.78 is 0. The number of nitrogens with one attached hydrogen (secondary N) is 1. The maximum Gasteiger partial charge on any atom is 0.115 e. The van der Waals surface area contributed by atoms with Gasteiger partial charge in [-0.15, -0.1) is 0 Å². The van der Waals surface area contributed by atoms with Gasteiger partial charge in [-0.1, -0.05) is 26.0 Å². The summed E-state index contributed by atoms with van der Waals surface area (Å²) in [6.07, 6.45) is 2.72. The van der Waals surface area contributed by atoms with Crippen molar-refractivity contribution in [2.75, 3.05) is 6.54 Å². The Bertz CT molecular complexity index is 365. The van der Waals surface area contributed by atoms with Gasteiger partial charge >= 0.3 is 0 Å². The first-order valence-electron chi connectivity index (χ1n) is 6.56. The van der Waals surface area contributed by atoms with Crippen LogP contribution in [0.15, 0.2) is 24.3 Å². The highest BCUT2D eigenvalue weighted by molar-refractivity contribution is 5.27. The lowest BCUT2D eigenvalue weighted by Gasteiger charge is -2.23. The smallest absolute Gasteiger partial charge is 0.115 e. The van der Waals surface area contributed by atoms with E-state index in [9.17, 15) is 5.11 Å². The Labute approximate surface area is 104 Å². The van der Waals surface area contributed by atoms with Crippen molar-refractivity contribution < 1.29 is 5.11 Å². The van der Waals surface area contributed by atoms with E-state index in [1.807, 2.05) is 12.1 Å². The van der Waals surface area contributed by atoms with Crippen LogP contribution in [-0.4, -0.2) is 11.7 Å². The fraction of sp³-hybridized carbons (Fsp3) is 0.600. The fourth-order valence-electron chi connectivity index (χ4n) is 2.36. The molecule has 0 radical (unpaired) electrons. The Morgan fingerprint density at radius 1 is 1.18 bits per heavy atom. The normalized spacial score (nSPS) is 19.3. The van der Waals surface area contributed by atoms with E-state index < -0.39 is 0 Å². The van der Waals surface area contributed by atoms with Crippen LogP contribution in [0, 0.1) is 11.3 Å². The Morgan fingerprint density at radius 2 is 1.76 bits per heavy atom. The van der Waals surface area contributed by atoms with Gasteiger partial charge in [0.2, 0.25) is 0 Å². The molecular weight excluding hydrogens is 210 g/mol. The average molecular weight is 233 g/mol. The molecule has 0 spiro atoms. The summed E-state index contributed by atoms with van der Waals surface area (Å²) >= 11 is 0. The molecule has 0 aromatic heterocycles. The van der Waals surface area contributed by atoms with E-state index in [2.05, 4.69) is 26.1 Å². The second kappa shape index (κ2) is 4.69. The predicted molar refractivity (Wildman–Crippen MR) is 71.0 cm³/mol. The lowest BCUT2D eigenvalue weighted by atomic mass is 9.92. The Morgan fingerprint density at radius 3 is 2.24 bits per heavy atom. The molecule has 0 aliphatic heterocycles. The maximum atomic E-state index is 9.26. The van der Waals surface area contributed by atoms with Crippen molar-refractivity contribution in [2.24, 2.45) is 11.3 Å². The molecule has 1 aliphatic rings. The van der Waals surface area contributed by atoms with Gasteiger partial charge in [-0.3, -0.25) is 0 Å². The summed E-state index contributed by atoms with van der Waals surface area (Å²) in [7, 11) is 0. The number of hydrogen-bond donors (Lipinski definition) is 2. The second-order valence-corrected chi connectivity index (χ2v) is 5.71. The van der Waals surface area contributed by atoms with Gasteiger partial charge < -0.3 is 10.4 Å². The second-order valence-electron chi connectivity index (χ2n) is 5.71. The minimum absolute atomic E-state index is 0.335. The number of benzene rings is 1. The summed E-state index contributed by atoms with van der Waals surface area (Å²) in [6.45, 7) is 7.93. The van der Waals surface area contributed by atoms with Gasteiger partial charge in [0.1, 0.15) is 5.75 Å². The molecular formula is C15H23NO. The SMILES string of the molecule is CC(NCC1(C(C)C)CC1)c1ccc(O)cc1. The average Bonchev–Trinajstić information content (AvgIpc) is 3.08. The summed E-state index contributed by atoms with van der Waals surface area (Å²) in [5.74, 6) is 1.10. The first-order valence-corrected chi connectivity index (χ1v) is 6.56. The van der Waals surface area contributed by atoms with Gasteiger partial charge in [0, 0.05) is 12.6 Å². The van der Waals surface area contributed by atoms with Gasteiger partial charge in [-0.05, 0) is 48.8 Å². The Balaban J connectivity index is 1.89. The van der Waals surface area contributed by atoms with Crippen molar-refractivity contribution in [3.8, 4) is 5.75 Å². The quantitative estimate of drug-likeness (QED) is 0.816. The molecule has 0 amide bonds. The van der Waals surface area contributed by atoms with Crippen LogP contribution in [0.3, 0.4) is 0 Å². The van der Waals surface area contributed by atoms with Gasteiger partial charge in [0.25, 0.3) is 0 Å². The van der Waals surface area contributed by atoms with E-state index in [1.54, 1.807) is 12.1 Å². The Hall–Kier alpha value is -1.02. The fourth-order valence-corrected chi connectivity index (χ4v) is 2.36. The highest BCUT2D eigenvalue weighted by atomic mass is 16.3. The largest absolute Gasteiger partial charge is 0.508 e. The van der Waals surface area contributed by atoms with Crippen LogP contribution < -0.4 is 5.32 Å². The summed E-state index contributed by atoms with van der Waals surface area (Å²) in [5, 5.41) is 12.9. The maximum absolute atomic E-state index is 9.26. The molecule has 0 bridgehead atoms. The van der Waals surface area contributed by atoms with Crippen molar-refractivity contribution in [1.29, 1.82) is 0 Å². The van der Waals surface area contributed by atoms with Gasteiger partial charge in [0.15, 0.2) is 0 Å². The monoisotopic (exact) mass is 233 g/mol. The third-order valence-corrected chi connectivity index (χ3v) is 4.27. The van der Waals surface area contributed by atoms with E-state index in [0.29, 0.717) is 17.2 Å². The molecule has 1 aromatic rings. The third kappa shape index (κ3) is 2.81. The van der Waals surface area contributed by atoms with Crippen LogP contribution in [0.2, 0.25) is 0 Å². The van der Waals surface area contributed by atoms with Gasteiger partial charge in [-0.2, -0.15) is 0 Å². The van der Waals surface area contributed by atoms with Gasteiger partial charge in [0.05, 0.1) is 0 Å². The molecule has 1 unspecified atom stereocenters. The highest BCUT2D eigenvalue weighted by Gasteiger charge is 2.44. The first kappa shape index (κ1) is 12.4. The van der Waals surface area contributed by atoms with E-state index >= 15 is 0 Å². The van der Waals surface area contributed by atoms with Crippen molar-refractivity contribution in [2.45, 2.75) is 39.7 Å². The molecule has 1 atom stereocenters. The molecule has 17 heavy (non-hydrogen) atoms. The van der Waals surface area contributed by atoms with Crippen molar-refractivity contribution >= 4 is 0 Å². The minimum atomic E-state index is 0.335. The molecule has 1 aromatic carbocycles. The molecule has 2 rings (SSSR count). The molecule has 1 aliphatic carbocycles. The zero-order valence-electron chi connectivity index (χ0n) is 11.0. The Kier molecular flexibility index (Phi) is 3.43. The number of phenolic OH excluding ortho intramolecular Hbond substituents is 1. The molecule has 94 valence electrons. The number of aromatic hydroxyl groups is 1. The summed E-state index contributed by atoms with van der Waals surface area (Å²) in [5.41, 5.74) is 1.79. The molecule has 0 heterocycles. The van der Waals surface area contributed by atoms with E-state index in [1.165, 1.54) is 18.4 Å². The highest BCUT2D eigenvalue weighted by Crippen LogP contribution is 2.51. The molecule has 2 N–H and O–H groups in total. The van der Waals surface area contributed by atoms with Crippen LogP contribution in [0.25, 0.3) is 0 Å². The van der Waals surface area contributed by atoms with Crippen molar-refractivity contribution in [3.63, 3.8) is 0 Å². The standard InChI is InChI=1S/C15H23NO/c1-11(2)15(8-9-15)10-16-12(3)13-4-6-14(17)7-5-13/h4-7,11-12,16-17H,8-10H2,1-3H3. The lowest BCUT2D eigenvalue weighted by Crippen LogP contribution is -2.29. The minimum Gasteiger partial charge on any atom is -0.508 e. The van der Waals surface area contributed by atoms with Crippen molar-refractivity contribution in [1.82, 2.24) is 5.32 Å². The molecule has 1 fully saturated rings. The number of phenols is 1. The molecule has 2 nitrogen and oxygen atoms in total. The van der Waals surface area contributed by atoms with Crippen LogP contribution in [0.5, 0.6) is 5.75 Å². The number of rotatable bonds is 5. The van der Waals surface area contributed by atoms with E-state index in [0.717, 1.165) is 12.5 Å². The zero-order valence-corrected chi connectivity index (χ0v) is 11.0. The zero-order chi connectivity index (χ0) is 12.5. The first-order chi connectivity index (χ1) is 8.03. The van der Waals surface area contributed by atoms with Gasteiger partial charge in [-0.25, -0.2) is 0 Å². The number of hydrogen-bond acceptors (Lipinski definition) is 2. The lowest BCUT2D eigenvalue weighted by molar-refractivity contribution is 0.325. The summed E-state index contributed by atoms with van der Waals surface area (Å²) in [6, 6.07) is 7.84. The summed E-state index contributed by atoms with van der Waals surface area (Å²) in [4.78, 5) is 0. The van der Waals surface area contributed by atoms with Crippen LogP contribution in [0.4, 0.5) is 0 Å². The molecule has 1 saturated carbocycles. The van der Waals surface area contributed by atoms with E-state index in [-0.39, 0.29) is 0 Å². The van der Waals surface area contributed by atoms with Crippen LogP contribution in [-0.2, 0) is 0 Å². The van der Waals surface area contributed by atoms with Crippen LogP contribution >= 0.6 is 0 Å². The molecule has 2 heteroatoms. The predicted octanol–water partition coefficient (Wildman–Crippen LogP) is 3.48. The topological polar surface area (TPSA) is 32.3 Å². The van der Waals surface area contributed by atoms with Crippen LogP contribution in [0.1, 0.15) is 45.2 Å². The third-order valence-electron chi connectivity index (χ3n) is 4.27. The van der Waals surface area contributed by atoms with Crippen molar-refractivity contribution in [3.05, 3.63) is 29.8 Å².